The lowest BCUT2D eigenvalue weighted by Crippen LogP contribution is -2.24. The number of hydrogen-bond acceptors (Lipinski definition) is 3. The number of aromatic nitrogens is 1. The average Bonchev–Trinajstić information content (AvgIpc) is 2.51. The molecule has 0 aliphatic carbocycles. The maximum atomic E-state index is 11.4. The number of carbonyl (C=O) groups is 1. The maximum absolute atomic E-state index is 11.4. The lowest BCUT2D eigenvalue weighted by molar-refractivity contribution is 0.0923. The van der Waals surface area contributed by atoms with Crippen LogP contribution in [-0.4, -0.2) is 17.4 Å². The normalized spacial score (nSPS) is 10.6. The highest BCUT2D eigenvalue weighted by atomic mass is 16.4. The molecule has 14 heavy (non-hydrogen) atoms. The summed E-state index contributed by atoms with van der Waals surface area (Å²) in [6, 6.07) is 0. The molecule has 1 aromatic heterocycles. The first-order valence-electron chi connectivity index (χ1n) is 4.80. The molecular weight excluding hydrogens is 180 g/mol. The quantitative estimate of drug-likeness (QED) is 0.798. The molecule has 0 aliphatic rings. The minimum absolute atomic E-state index is 0.189. The van der Waals surface area contributed by atoms with Crippen LogP contribution in [0.15, 0.2) is 10.6 Å². The van der Waals surface area contributed by atoms with Crippen molar-refractivity contribution in [3.63, 3.8) is 0 Å². The molecule has 0 bridgehead atoms. The molecule has 0 fully saturated rings. The molecule has 1 N–H and O–H groups in total. The molecular formula is C10H16N2O2. The van der Waals surface area contributed by atoms with Gasteiger partial charge in [0.15, 0.2) is 5.89 Å². The van der Waals surface area contributed by atoms with Crippen LogP contribution in [0.3, 0.4) is 0 Å². The van der Waals surface area contributed by atoms with Crippen molar-refractivity contribution >= 4 is 5.91 Å². The number of carbonyl (C=O) groups excluding carboxylic acids is 1. The summed E-state index contributed by atoms with van der Waals surface area (Å²) >= 11 is 0. The number of rotatable bonds is 4. The highest BCUT2D eigenvalue weighted by Crippen LogP contribution is 2.02. The summed E-state index contributed by atoms with van der Waals surface area (Å²) < 4.78 is 5.08. The van der Waals surface area contributed by atoms with E-state index < -0.39 is 0 Å². The van der Waals surface area contributed by atoms with Crippen LogP contribution in [0.5, 0.6) is 0 Å². The Balaban J connectivity index is 2.36. The number of aryl methyl sites for hydroxylation is 1. The number of nitrogens with one attached hydrogen (secondary N) is 1. The van der Waals surface area contributed by atoms with Crippen molar-refractivity contribution in [1.82, 2.24) is 10.3 Å². The first-order chi connectivity index (χ1) is 6.59. The van der Waals surface area contributed by atoms with Crippen molar-refractivity contribution in [3.05, 3.63) is 17.8 Å². The standard InChI is InChI=1S/C10H16N2O2/c1-7(2)4-5-11-10(13)9-6-12-8(3)14-9/h6-7H,4-5H2,1-3H3,(H,11,13). The topological polar surface area (TPSA) is 55.1 Å². The highest BCUT2D eigenvalue weighted by molar-refractivity contribution is 5.91. The van der Waals surface area contributed by atoms with E-state index in [2.05, 4.69) is 24.1 Å². The monoisotopic (exact) mass is 196 g/mol. The van der Waals surface area contributed by atoms with Gasteiger partial charge in [0, 0.05) is 13.5 Å². The summed E-state index contributed by atoms with van der Waals surface area (Å²) in [6.45, 7) is 6.62. The zero-order chi connectivity index (χ0) is 10.6. The third kappa shape index (κ3) is 3.20. The molecule has 78 valence electrons. The van der Waals surface area contributed by atoms with Crippen LogP contribution in [-0.2, 0) is 0 Å². The van der Waals surface area contributed by atoms with E-state index in [4.69, 9.17) is 4.42 Å². The van der Waals surface area contributed by atoms with Crippen LogP contribution < -0.4 is 5.32 Å². The van der Waals surface area contributed by atoms with Gasteiger partial charge < -0.3 is 9.73 Å². The van der Waals surface area contributed by atoms with E-state index in [1.54, 1.807) is 6.92 Å². The smallest absolute Gasteiger partial charge is 0.288 e. The Bertz CT molecular complexity index is 305. The van der Waals surface area contributed by atoms with Gasteiger partial charge in [-0.25, -0.2) is 4.98 Å². The van der Waals surface area contributed by atoms with Crippen LogP contribution >= 0.6 is 0 Å². The van der Waals surface area contributed by atoms with E-state index in [1.165, 1.54) is 6.20 Å². The van der Waals surface area contributed by atoms with Gasteiger partial charge in [0.05, 0.1) is 6.20 Å². The number of amides is 1. The Hall–Kier alpha value is -1.32. The summed E-state index contributed by atoms with van der Waals surface area (Å²) in [4.78, 5) is 15.2. The molecule has 0 unspecified atom stereocenters. The summed E-state index contributed by atoms with van der Waals surface area (Å²) in [5.41, 5.74) is 0. The third-order valence-corrected chi connectivity index (χ3v) is 1.85. The van der Waals surface area contributed by atoms with Gasteiger partial charge in [-0.05, 0) is 12.3 Å². The molecule has 4 nitrogen and oxygen atoms in total. The van der Waals surface area contributed by atoms with E-state index in [1.807, 2.05) is 0 Å². The van der Waals surface area contributed by atoms with Crippen molar-refractivity contribution in [2.75, 3.05) is 6.54 Å². The van der Waals surface area contributed by atoms with Crippen molar-refractivity contribution in [1.29, 1.82) is 0 Å². The number of oxazole rings is 1. The first-order valence-corrected chi connectivity index (χ1v) is 4.80. The van der Waals surface area contributed by atoms with Crippen LogP contribution in [0, 0.1) is 12.8 Å². The average molecular weight is 196 g/mol. The van der Waals surface area contributed by atoms with Crippen molar-refractivity contribution in [2.45, 2.75) is 27.2 Å². The van der Waals surface area contributed by atoms with Gasteiger partial charge in [0.2, 0.25) is 5.76 Å². The molecule has 0 atom stereocenters. The SMILES string of the molecule is Cc1ncc(C(=O)NCCC(C)C)o1. The van der Waals surface area contributed by atoms with E-state index in [0.29, 0.717) is 18.4 Å². The Labute approximate surface area is 83.7 Å². The van der Waals surface area contributed by atoms with Gasteiger partial charge >= 0.3 is 0 Å². The van der Waals surface area contributed by atoms with Crippen LogP contribution in [0.1, 0.15) is 36.7 Å². The Kier molecular flexibility index (Phi) is 3.68. The fourth-order valence-corrected chi connectivity index (χ4v) is 1.03. The molecule has 1 amide bonds. The number of hydrogen-bond donors (Lipinski definition) is 1. The Morgan fingerprint density at radius 2 is 2.36 bits per heavy atom. The second kappa shape index (κ2) is 4.79. The molecule has 0 saturated heterocycles. The van der Waals surface area contributed by atoms with Gasteiger partial charge in [-0.15, -0.1) is 0 Å². The molecule has 4 heteroatoms. The van der Waals surface area contributed by atoms with Crippen LogP contribution in [0.4, 0.5) is 0 Å². The molecule has 1 rings (SSSR count). The molecule has 0 aliphatic heterocycles. The van der Waals surface area contributed by atoms with E-state index in [-0.39, 0.29) is 11.7 Å². The van der Waals surface area contributed by atoms with E-state index in [0.717, 1.165) is 6.42 Å². The zero-order valence-electron chi connectivity index (χ0n) is 8.83. The van der Waals surface area contributed by atoms with Crippen molar-refractivity contribution < 1.29 is 9.21 Å². The predicted octanol–water partition coefficient (Wildman–Crippen LogP) is 1.76. The van der Waals surface area contributed by atoms with Crippen LogP contribution in [0.2, 0.25) is 0 Å². The highest BCUT2D eigenvalue weighted by Gasteiger charge is 2.09. The summed E-state index contributed by atoms with van der Waals surface area (Å²) in [5.74, 6) is 1.20. The lowest BCUT2D eigenvalue weighted by Gasteiger charge is -2.04. The van der Waals surface area contributed by atoms with E-state index in [9.17, 15) is 4.79 Å². The summed E-state index contributed by atoms with van der Waals surface area (Å²) in [6.07, 6.45) is 2.42. The third-order valence-electron chi connectivity index (χ3n) is 1.85. The van der Waals surface area contributed by atoms with E-state index >= 15 is 0 Å². The first kappa shape index (κ1) is 10.8. The van der Waals surface area contributed by atoms with Gasteiger partial charge in [-0.2, -0.15) is 0 Å². The minimum Gasteiger partial charge on any atom is -0.436 e. The van der Waals surface area contributed by atoms with Gasteiger partial charge in [-0.1, -0.05) is 13.8 Å². The second-order valence-corrected chi connectivity index (χ2v) is 3.68. The fraction of sp³-hybridized carbons (Fsp3) is 0.600. The second-order valence-electron chi connectivity index (χ2n) is 3.68. The largest absolute Gasteiger partial charge is 0.436 e. The molecule has 0 aromatic carbocycles. The zero-order valence-corrected chi connectivity index (χ0v) is 8.83. The van der Waals surface area contributed by atoms with Gasteiger partial charge in [-0.3, -0.25) is 4.79 Å². The van der Waals surface area contributed by atoms with Gasteiger partial charge in [0.1, 0.15) is 0 Å². The molecule has 0 spiro atoms. The molecule has 0 saturated carbocycles. The van der Waals surface area contributed by atoms with Crippen LogP contribution in [0.25, 0.3) is 0 Å². The van der Waals surface area contributed by atoms with Crippen molar-refractivity contribution in [3.8, 4) is 0 Å². The Morgan fingerprint density at radius 3 is 2.86 bits per heavy atom. The molecule has 1 aromatic rings. The molecule has 1 heterocycles. The summed E-state index contributed by atoms with van der Waals surface area (Å²) in [7, 11) is 0. The number of nitrogens with zero attached hydrogens (tertiary/aromatic N) is 1. The maximum Gasteiger partial charge on any atom is 0.288 e. The Morgan fingerprint density at radius 1 is 1.64 bits per heavy atom. The minimum atomic E-state index is -0.189. The summed E-state index contributed by atoms with van der Waals surface area (Å²) in [5, 5.41) is 2.77. The fourth-order valence-electron chi connectivity index (χ4n) is 1.03. The van der Waals surface area contributed by atoms with Crippen molar-refractivity contribution in [2.24, 2.45) is 5.92 Å². The lowest BCUT2D eigenvalue weighted by atomic mass is 10.1. The molecule has 0 radical (unpaired) electrons. The van der Waals surface area contributed by atoms with Gasteiger partial charge in [0.25, 0.3) is 5.91 Å². The predicted molar refractivity (Wildman–Crippen MR) is 53.0 cm³/mol.